The molecule has 0 bridgehead atoms. The Morgan fingerprint density at radius 3 is 2.82 bits per heavy atom. The Morgan fingerprint density at radius 2 is 2.18 bits per heavy atom. The molecule has 1 aromatic carbocycles. The van der Waals surface area contributed by atoms with Gasteiger partial charge in [0.2, 0.25) is 0 Å². The Kier molecular flexibility index (Phi) is 5.27. The van der Waals surface area contributed by atoms with Crippen LogP contribution in [0.5, 0.6) is 5.75 Å². The quantitative estimate of drug-likeness (QED) is 0.821. The maximum absolute atomic E-state index is 10.5. The van der Waals surface area contributed by atoms with Crippen molar-refractivity contribution >= 4 is 12.0 Å². The first-order valence-corrected chi connectivity index (χ1v) is 5.73. The van der Waals surface area contributed by atoms with E-state index >= 15 is 0 Å². The predicted octanol–water partition coefficient (Wildman–Crippen LogP) is 3.35. The van der Waals surface area contributed by atoms with E-state index in [1.165, 1.54) is 0 Å². The monoisotopic (exact) mass is 234 g/mol. The molecule has 92 valence electrons. The van der Waals surface area contributed by atoms with Crippen LogP contribution < -0.4 is 4.74 Å². The molecular weight excluding hydrogens is 216 g/mol. The van der Waals surface area contributed by atoms with Gasteiger partial charge in [0.25, 0.3) is 0 Å². The molecule has 0 saturated heterocycles. The molecular formula is C14H18O3. The lowest BCUT2D eigenvalue weighted by Crippen LogP contribution is -2.14. The van der Waals surface area contributed by atoms with Crippen LogP contribution in [0.15, 0.2) is 30.3 Å². The lowest BCUT2D eigenvalue weighted by Gasteiger charge is -2.15. The summed E-state index contributed by atoms with van der Waals surface area (Å²) in [5.41, 5.74) is 1.01. The molecule has 1 N–H and O–H groups in total. The molecule has 0 saturated carbocycles. The minimum absolute atomic E-state index is 0.0995. The normalized spacial score (nSPS) is 12.6. The van der Waals surface area contributed by atoms with Crippen LogP contribution in [0.25, 0.3) is 6.08 Å². The van der Waals surface area contributed by atoms with Crippen molar-refractivity contribution in [2.24, 2.45) is 0 Å². The number of hydrogen-bond donors (Lipinski definition) is 1. The highest BCUT2D eigenvalue weighted by molar-refractivity contribution is 5.66. The third-order valence-electron chi connectivity index (χ3n) is 2.36. The molecule has 3 heteroatoms. The molecule has 17 heavy (non-hydrogen) atoms. The average Bonchev–Trinajstić information content (AvgIpc) is 2.29. The van der Waals surface area contributed by atoms with Crippen LogP contribution in [0.1, 0.15) is 32.3 Å². The van der Waals surface area contributed by atoms with Gasteiger partial charge in [-0.3, -0.25) is 4.79 Å². The lowest BCUT2D eigenvalue weighted by molar-refractivity contribution is -0.137. The Labute approximate surface area is 102 Å². The number of ether oxygens (including phenoxy) is 1. The standard InChI is InChI=1S/C14H18O3/c1-3-6-12-7-4-5-8-13(12)17-11(2)9-10-14(15)16/h3-8,11H,9-10H2,1-2H3,(H,15,16). The smallest absolute Gasteiger partial charge is 0.303 e. The summed E-state index contributed by atoms with van der Waals surface area (Å²) in [7, 11) is 0. The van der Waals surface area contributed by atoms with Crippen molar-refractivity contribution in [3.05, 3.63) is 35.9 Å². The number of rotatable bonds is 6. The fourth-order valence-corrected chi connectivity index (χ4v) is 1.51. The molecule has 0 aliphatic rings. The zero-order chi connectivity index (χ0) is 12.7. The fourth-order valence-electron chi connectivity index (χ4n) is 1.51. The minimum Gasteiger partial charge on any atom is -0.490 e. The largest absolute Gasteiger partial charge is 0.490 e. The first kappa shape index (κ1) is 13.3. The van der Waals surface area contributed by atoms with Gasteiger partial charge < -0.3 is 9.84 Å². The highest BCUT2D eigenvalue weighted by atomic mass is 16.5. The zero-order valence-corrected chi connectivity index (χ0v) is 10.2. The van der Waals surface area contributed by atoms with Crippen molar-refractivity contribution < 1.29 is 14.6 Å². The van der Waals surface area contributed by atoms with Crippen molar-refractivity contribution in [3.8, 4) is 5.75 Å². The van der Waals surface area contributed by atoms with Crippen LogP contribution in [-0.2, 0) is 4.79 Å². The summed E-state index contributed by atoms with van der Waals surface area (Å²) in [4.78, 5) is 10.5. The molecule has 0 spiro atoms. The van der Waals surface area contributed by atoms with E-state index in [0.29, 0.717) is 6.42 Å². The Balaban J connectivity index is 2.64. The van der Waals surface area contributed by atoms with Crippen LogP contribution in [0.2, 0.25) is 0 Å². The van der Waals surface area contributed by atoms with Gasteiger partial charge in [-0.1, -0.05) is 30.4 Å². The van der Waals surface area contributed by atoms with Crippen LogP contribution >= 0.6 is 0 Å². The second-order valence-corrected chi connectivity index (χ2v) is 3.90. The molecule has 1 rings (SSSR count). The first-order chi connectivity index (χ1) is 8.13. The molecule has 0 aromatic heterocycles. The Bertz CT molecular complexity index is 396. The second-order valence-electron chi connectivity index (χ2n) is 3.90. The van der Waals surface area contributed by atoms with Gasteiger partial charge in [0, 0.05) is 12.0 Å². The van der Waals surface area contributed by atoms with Gasteiger partial charge in [-0.25, -0.2) is 0 Å². The SMILES string of the molecule is CC=Cc1ccccc1OC(C)CCC(=O)O. The summed E-state index contributed by atoms with van der Waals surface area (Å²) in [5, 5.41) is 8.60. The molecule has 0 amide bonds. The molecule has 0 heterocycles. The Morgan fingerprint density at radius 1 is 1.47 bits per heavy atom. The summed E-state index contributed by atoms with van der Waals surface area (Å²) in [6, 6.07) is 7.72. The number of para-hydroxylation sites is 1. The van der Waals surface area contributed by atoms with Gasteiger partial charge in [0.15, 0.2) is 0 Å². The number of carboxylic acids is 1. The van der Waals surface area contributed by atoms with E-state index in [9.17, 15) is 4.79 Å². The summed E-state index contributed by atoms with van der Waals surface area (Å²) in [6.45, 7) is 3.83. The number of carbonyl (C=O) groups is 1. The van der Waals surface area contributed by atoms with Gasteiger partial charge in [0.1, 0.15) is 5.75 Å². The molecule has 0 fully saturated rings. The topological polar surface area (TPSA) is 46.5 Å². The van der Waals surface area contributed by atoms with Gasteiger partial charge >= 0.3 is 5.97 Å². The van der Waals surface area contributed by atoms with E-state index < -0.39 is 5.97 Å². The molecule has 0 aliphatic carbocycles. The Hall–Kier alpha value is -1.77. The average molecular weight is 234 g/mol. The first-order valence-electron chi connectivity index (χ1n) is 5.73. The number of benzene rings is 1. The maximum Gasteiger partial charge on any atom is 0.303 e. The summed E-state index contributed by atoms with van der Waals surface area (Å²) in [6.07, 6.45) is 4.47. The van der Waals surface area contributed by atoms with Crippen molar-refractivity contribution in [1.29, 1.82) is 0 Å². The van der Waals surface area contributed by atoms with Gasteiger partial charge in [-0.05, 0) is 26.3 Å². The van der Waals surface area contributed by atoms with Crippen LogP contribution in [0, 0.1) is 0 Å². The van der Waals surface area contributed by atoms with E-state index in [1.807, 2.05) is 50.3 Å². The number of allylic oxidation sites excluding steroid dienone is 1. The highest BCUT2D eigenvalue weighted by Crippen LogP contribution is 2.21. The van der Waals surface area contributed by atoms with E-state index in [2.05, 4.69) is 0 Å². The predicted molar refractivity (Wildman–Crippen MR) is 68.1 cm³/mol. The van der Waals surface area contributed by atoms with Gasteiger partial charge in [-0.15, -0.1) is 0 Å². The number of hydrogen-bond acceptors (Lipinski definition) is 2. The minimum atomic E-state index is -0.790. The summed E-state index contributed by atoms with van der Waals surface area (Å²) >= 11 is 0. The molecule has 0 aliphatic heterocycles. The van der Waals surface area contributed by atoms with E-state index in [-0.39, 0.29) is 12.5 Å². The van der Waals surface area contributed by atoms with Crippen LogP contribution in [0.3, 0.4) is 0 Å². The van der Waals surface area contributed by atoms with Crippen LogP contribution in [0.4, 0.5) is 0 Å². The van der Waals surface area contributed by atoms with E-state index in [4.69, 9.17) is 9.84 Å². The fraction of sp³-hybridized carbons (Fsp3) is 0.357. The molecule has 1 atom stereocenters. The van der Waals surface area contributed by atoms with Crippen molar-refractivity contribution in [2.45, 2.75) is 32.8 Å². The third kappa shape index (κ3) is 4.72. The van der Waals surface area contributed by atoms with E-state index in [0.717, 1.165) is 11.3 Å². The van der Waals surface area contributed by atoms with Crippen molar-refractivity contribution in [2.75, 3.05) is 0 Å². The number of carboxylic acid groups (broad SMARTS) is 1. The summed E-state index contributed by atoms with van der Waals surface area (Å²) < 4.78 is 5.73. The van der Waals surface area contributed by atoms with Gasteiger partial charge in [0.05, 0.1) is 6.10 Å². The summed E-state index contributed by atoms with van der Waals surface area (Å²) in [5.74, 6) is 0.00526. The van der Waals surface area contributed by atoms with Crippen molar-refractivity contribution in [1.82, 2.24) is 0 Å². The maximum atomic E-state index is 10.5. The molecule has 1 aromatic rings. The third-order valence-corrected chi connectivity index (χ3v) is 2.36. The number of aliphatic carboxylic acids is 1. The van der Waals surface area contributed by atoms with Crippen molar-refractivity contribution in [3.63, 3.8) is 0 Å². The lowest BCUT2D eigenvalue weighted by atomic mass is 10.1. The van der Waals surface area contributed by atoms with Crippen LogP contribution in [-0.4, -0.2) is 17.2 Å². The highest BCUT2D eigenvalue weighted by Gasteiger charge is 2.08. The molecule has 3 nitrogen and oxygen atoms in total. The molecule has 1 unspecified atom stereocenters. The van der Waals surface area contributed by atoms with E-state index in [1.54, 1.807) is 0 Å². The zero-order valence-electron chi connectivity index (χ0n) is 10.2. The second kappa shape index (κ2) is 6.74. The molecule has 0 radical (unpaired) electrons. The van der Waals surface area contributed by atoms with Gasteiger partial charge in [-0.2, -0.15) is 0 Å².